The predicted octanol–water partition coefficient (Wildman–Crippen LogP) is 0.275. The molecule has 0 saturated heterocycles. The SMILES string of the molecule is O=S(=O)(NS(=O)(=O)C(F)(F)F)C(F)(F)F.[Gd]. The minimum Gasteiger partial charge on any atom is -0.202 e. The minimum atomic E-state index is -6.60. The molecule has 0 unspecified atom stereocenters. The Kier molecular flexibility index (Phi) is 6.18. The molecule has 0 radical (unpaired) electrons. The molecule has 0 aliphatic carbocycles. The van der Waals surface area contributed by atoms with E-state index in [-0.39, 0.29) is 39.9 Å². The van der Waals surface area contributed by atoms with E-state index in [1.807, 2.05) is 0 Å². The van der Waals surface area contributed by atoms with Crippen LogP contribution < -0.4 is 4.13 Å². The van der Waals surface area contributed by atoms with Gasteiger partial charge in [-0.3, -0.25) is 0 Å². The van der Waals surface area contributed by atoms with Gasteiger partial charge < -0.3 is 0 Å². The third kappa shape index (κ3) is 4.56. The molecular weight excluding hydrogens is 437 g/mol. The normalized spacial score (nSPS) is 14.4. The zero-order chi connectivity index (χ0) is 12.7. The van der Waals surface area contributed by atoms with Gasteiger partial charge in [-0.15, -0.1) is 0 Å². The summed E-state index contributed by atoms with van der Waals surface area (Å²) in [5, 5.41) is 0. The number of alkyl halides is 6. The Morgan fingerprint density at radius 1 is 0.688 bits per heavy atom. The van der Waals surface area contributed by atoms with E-state index >= 15 is 0 Å². The molecule has 1 N–H and O–H groups in total. The summed E-state index contributed by atoms with van der Waals surface area (Å²) < 4.78 is 108. The Hall–Kier alpha value is 0.765. The van der Waals surface area contributed by atoms with Crippen molar-refractivity contribution in [2.24, 2.45) is 0 Å². The summed E-state index contributed by atoms with van der Waals surface area (Å²) in [6, 6.07) is 0. The summed E-state index contributed by atoms with van der Waals surface area (Å²) in [7, 11) is -13.2. The first-order valence-corrected chi connectivity index (χ1v) is 5.58. The number of sulfonamides is 2. The van der Waals surface area contributed by atoms with Gasteiger partial charge in [0.05, 0.1) is 0 Å². The first kappa shape index (κ1) is 19.1. The zero-order valence-corrected chi connectivity index (χ0v) is 10.5. The van der Waals surface area contributed by atoms with Gasteiger partial charge in [-0.2, -0.15) is 26.3 Å². The molecule has 0 heterocycles. The maximum atomic E-state index is 11.5. The standard InChI is InChI=1S/C2HF6NO4S2.Gd/c3-1(4,5)14(10,11)9-15(12,13)2(6,7)8;/h9H;. The molecule has 0 spiro atoms. The summed E-state index contributed by atoms with van der Waals surface area (Å²) in [5.74, 6) is 0. The first-order valence-electron chi connectivity index (χ1n) is 2.62. The fourth-order valence-electron chi connectivity index (χ4n) is 0.239. The van der Waals surface area contributed by atoms with Gasteiger partial charge in [0.15, 0.2) is 0 Å². The second-order valence-electron chi connectivity index (χ2n) is 1.98. The van der Waals surface area contributed by atoms with Crippen molar-refractivity contribution in [3.63, 3.8) is 0 Å². The van der Waals surface area contributed by atoms with E-state index in [1.54, 1.807) is 0 Å². The van der Waals surface area contributed by atoms with E-state index in [9.17, 15) is 43.2 Å². The van der Waals surface area contributed by atoms with Crippen molar-refractivity contribution in [2.45, 2.75) is 11.0 Å². The van der Waals surface area contributed by atoms with Crippen molar-refractivity contribution in [1.29, 1.82) is 0 Å². The molecule has 0 rings (SSSR count). The van der Waals surface area contributed by atoms with Crippen molar-refractivity contribution in [3.8, 4) is 0 Å². The molecule has 0 aliphatic heterocycles. The molecule has 0 aromatic heterocycles. The van der Waals surface area contributed by atoms with E-state index in [2.05, 4.69) is 0 Å². The molecule has 0 bridgehead atoms. The van der Waals surface area contributed by atoms with Crippen LogP contribution in [0.2, 0.25) is 0 Å². The van der Waals surface area contributed by atoms with Gasteiger partial charge in [0.2, 0.25) is 0 Å². The van der Waals surface area contributed by atoms with Crippen LogP contribution in [0.4, 0.5) is 26.3 Å². The smallest absolute Gasteiger partial charge is 0.202 e. The molecule has 14 heteroatoms. The fraction of sp³-hybridized carbons (Fsp3) is 1.00. The summed E-state index contributed by atoms with van der Waals surface area (Å²) in [6.07, 6.45) is 0. The van der Waals surface area contributed by atoms with Gasteiger partial charge in [-0.25, -0.2) is 16.8 Å². The maximum Gasteiger partial charge on any atom is 0.512 e. The Bertz CT molecular complexity index is 390. The van der Waals surface area contributed by atoms with Crippen LogP contribution >= 0.6 is 0 Å². The molecule has 0 aromatic carbocycles. The Morgan fingerprint density at radius 2 is 0.875 bits per heavy atom. The Morgan fingerprint density at radius 3 is 1.00 bits per heavy atom. The van der Waals surface area contributed by atoms with Gasteiger partial charge in [-0.1, -0.05) is 4.13 Å². The zero-order valence-electron chi connectivity index (χ0n) is 6.57. The van der Waals surface area contributed by atoms with Crippen LogP contribution in [0.3, 0.4) is 0 Å². The van der Waals surface area contributed by atoms with Gasteiger partial charge in [0.25, 0.3) is 0 Å². The number of hydrogen-bond acceptors (Lipinski definition) is 4. The molecule has 5 nitrogen and oxygen atoms in total. The van der Waals surface area contributed by atoms with Crippen LogP contribution in [0, 0.1) is 39.9 Å². The van der Waals surface area contributed by atoms with Crippen molar-refractivity contribution in [1.82, 2.24) is 4.13 Å². The summed E-state index contributed by atoms with van der Waals surface area (Å²) in [5.41, 5.74) is -12.3. The molecule has 0 aliphatic rings. The van der Waals surface area contributed by atoms with E-state index in [1.165, 1.54) is 0 Å². The fourth-order valence-corrected chi connectivity index (χ4v) is 2.15. The van der Waals surface area contributed by atoms with Gasteiger partial charge in [0.1, 0.15) is 0 Å². The quantitative estimate of drug-likeness (QED) is 0.628. The minimum absolute atomic E-state index is 0. The van der Waals surface area contributed by atoms with Gasteiger partial charge in [-0.05, 0) is 0 Å². The average molecular weight is 438 g/mol. The number of rotatable bonds is 2. The van der Waals surface area contributed by atoms with Crippen LogP contribution in [0.25, 0.3) is 0 Å². The van der Waals surface area contributed by atoms with Crippen molar-refractivity contribution in [3.05, 3.63) is 0 Å². The first-order chi connectivity index (χ1) is 6.21. The van der Waals surface area contributed by atoms with Gasteiger partial charge in [0, 0.05) is 39.9 Å². The van der Waals surface area contributed by atoms with Crippen LogP contribution in [0.5, 0.6) is 0 Å². The summed E-state index contributed by atoms with van der Waals surface area (Å²) >= 11 is 0. The maximum absolute atomic E-state index is 11.5. The summed E-state index contributed by atoms with van der Waals surface area (Å²) in [6.45, 7) is 0. The molecule has 0 atom stereocenters. The second-order valence-corrected chi connectivity index (χ2v) is 5.59. The van der Waals surface area contributed by atoms with Crippen molar-refractivity contribution in [2.75, 3.05) is 0 Å². The van der Waals surface area contributed by atoms with Gasteiger partial charge >= 0.3 is 31.1 Å². The summed E-state index contributed by atoms with van der Waals surface area (Å²) in [4.78, 5) is 0. The monoisotopic (exact) mass is 439 g/mol. The van der Waals surface area contributed by atoms with Crippen LogP contribution in [-0.4, -0.2) is 27.9 Å². The van der Waals surface area contributed by atoms with E-state index in [0.717, 1.165) is 0 Å². The largest absolute Gasteiger partial charge is 0.512 e. The van der Waals surface area contributed by atoms with Crippen LogP contribution in [0.15, 0.2) is 0 Å². The molecule has 0 saturated carbocycles. The van der Waals surface area contributed by atoms with E-state index in [4.69, 9.17) is 0 Å². The van der Waals surface area contributed by atoms with E-state index < -0.39 is 35.2 Å². The molecular formula is C2HF6GdNO4S2. The number of hydrogen-bond donors (Lipinski definition) is 1. The Labute approximate surface area is 117 Å². The predicted molar refractivity (Wildman–Crippen MR) is 33.1 cm³/mol. The second kappa shape index (κ2) is 5.18. The molecule has 16 heavy (non-hydrogen) atoms. The Balaban J connectivity index is 0. The average Bonchev–Trinajstić information content (AvgIpc) is 1.77. The van der Waals surface area contributed by atoms with Crippen LogP contribution in [0.1, 0.15) is 0 Å². The third-order valence-corrected chi connectivity index (χ3v) is 3.80. The number of halogens is 6. The molecule has 0 fully saturated rings. The molecule has 0 aromatic rings. The molecule has 0 amide bonds. The third-order valence-electron chi connectivity index (χ3n) is 0.829. The number of nitrogens with one attached hydrogen (secondary N) is 1. The topological polar surface area (TPSA) is 80.3 Å². The van der Waals surface area contributed by atoms with Crippen molar-refractivity contribution < 1.29 is 83.1 Å². The molecule has 100 valence electrons. The van der Waals surface area contributed by atoms with Crippen LogP contribution in [-0.2, 0) is 20.0 Å². The van der Waals surface area contributed by atoms with E-state index in [0.29, 0.717) is 0 Å². The van der Waals surface area contributed by atoms with Crippen molar-refractivity contribution >= 4 is 20.0 Å².